The number of nitrogens with one attached hydrogen (secondary N) is 1. The van der Waals surface area contributed by atoms with Crippen molar-refractivity contribution >= 4 is 5.91 Å². The molecule has 3 atom stereocenters. The van der Waals surface area contributed by atoms with Crippen LogP contribution in [0.4, 0.5) is 0 Å². The lowest BCUT2D eigenvalue weighted by molar-refractivity contribution is -0.124. The number of carbonyl (C=O) groups is 1. The molecule has 1 aliphatic carbocycles. The second-order valence-electron chi connectivity index (χ2n) is 4.95. The minimum atomic E-state index is 0.0500. The van der Waals surface area contributed by atoms with Gasteiger partial charge in [0.1, 0.15) is 0 Å². The van der Waals surface area contributed by atoms with Crippen LogP contribution in [0.5, 0.6) is 0 Å². The summed E-state index contributed by atoms with van der Waals surface area (Å²) in [5.74, 6) is 0.782. The number of nitrogens with zero attached hydrogens (tertiary/aromatic N) is 1. The normalized spacial score (nSPS) is 27.1. The third kappa shape index (κ3) is 3.19. The van der Waals surface area contributed by atoms with Crippen LogP contribution in [-0.4, -0.2) is 44.0 Å². The van der Waals surface area contributed by atoms with Crippen molar-refractivity contribution in [2.75, 3.05) is 27.2 Å². The van der Waals surface area contributed by atoms with Gasteiger partial charge in [0, 0.05) is 25.6 Å². The fourth-order valence-corrected chi connectivity index (χ4v) is 2.77. The summed E-state index contributed by atoms with van der Waals surface area (Å²) < 4.78 is 0. The van der Waals surface area contributed by atoms with Gasteiger partial charge in [-0.1, -0.05) is 13.3 Å². The monoisotopic (exact) mass is 227 g/mol. The van der Waals surface area contributed by atoms with Crippen LogP contribution in [0, 0.1) is 11.8 Å². The number of carbonyl (C=O) groups excluding carboxylic acids is 1. The lowest BCUT2D eigenvalue weighted by atomic mass is 10.0. The largest absolute Gasteiger partial charge is 0.359 e. The fraction of sp³-hybridized carbons (Fsp3) is 0.917. The molecule has 0 aromatic carbocycles. The maximum atomic E-state index is 11.5. The lowest BCUT2D eigenvalue weighted by Gasteiger charge is -2.30. The molecule has 1 rings (SSSR count). The molecule has 0 spiro atoms. The van der Waals surface area contributed by atoms with Crippen molar-refractivity contribution in [2.45, 2.75) is 32.2 Å². The smallest absolute Gasteiger partial charge is 0.223 e. The molecule has 1 fully saturated rings. The van der Waals surface area contributed by atoms with Crippen molar-refractivity contribution in [3.8, 4) is 0 Å². The first-order chi connectivity index (χ1) is 7.60. The molecule has 3 N–H and O–H groups in total. The van der Waals surface area contributed by atoms with Gasteiger partial charge in [0.2, 0.25) is 5.91 Å². The van der Waals surface area contributed by atoms with Crippen molar-refractivity contribution < 1.29 is 4.79 Å². The van der Waals surface area contributed by atoms with E-state index in [1.54, 1.807) is 7.05 Å². The number of rotatable bonds is 5. The van der Waals surface area contributed by atoms with Gasteiger partial charge < -0.3 is 16.0 Å². The molecule has 3 unspecified atom stereocenters. The molecule has 1 saturated carbocycles. The number of amides is 1. The van der Waals surface area contributed by atoms with E-state index < -0.39 is 0 Å². The highest BCUT2D eigenvalue weighted by Crippen LogP contribution is 2.28. The van der Waals surface area contributed by atoms with E-state index in [4.69, 9.17) is 5.73 Å². The molecule has 0 bridgehead atoms. The van der Waals surface area contributed by atoms with Crippen LogP contribution in [0.3, 0.4) is 0 Å². The van der Waals surface area contributed by atoms with Crippen molar-refractivity contribution in [1.29, 1.82) is 0 Å². The molecular formula is C12H25N3O. The Hall–Kier alpha value is -0.610. The Kier molecular flexibility index (Phi) is 5.22. The first-order valence-corrected chi connectivity index (χ1v) is 6.22. The molecule has 1 aliphatic rings. The summed E-state index contributed by atoms with van der Waals surface area (Å²) in [6.07, 6.45) is 3.73. The Morgan fingerprint density at radius 3 is 2.81 bits per heavy atom. The van der Waals surface area contributed by atoms with Crippen molar-refractivity contribution in [2.24, 2.45) is 17.6 Å². The zero-order valence-corrected chi connectivity index (χ0v) is 10.7. The van der Waals surface area contributed by atoms with Gasteiger partial charge in [-0.15, -0.1) is 0 Å². The van der Waals surface area contributed by atoms with Gasteiger partial charge in [0.25, 0.3) is 0 Å². The third-order valence-corrected chi connectivity index (χ3v) is 3.74. The predicted molar refractivity (Wildman–Crippen MR) is 66.0 cm³/mol. The average molecular weight is 227 g/mol. The van der Waals surface area contributed by atoms with Crippen LogP contribution >= 0.6 is 0 Å². The van der Waals surface area contributed by atoms with Crippen LogP contribution in [-0.2, 0) is 4.79 Å². The summed E-state index contributed by atoms with van der Waals surface area (Å²) in [6.45, 7) is 3.56. The Morgan fingerprint density at radius 1 is 1.56 bits per heavy atom. The highest BCUT2D eigenvalue weighted by Gasteiger charge is 2.30. The minimum Gasteiger partial charge on any atom is -0.359 e. The van der Waals surface area contributed by atoms with Gasteiger partial charge in [0.15, 0.2) is 0 Å². The quantitative estimate of drug-likeness (QED) is 0.716. The topological polar surface area (TPSA) is 58.4 Å². The summed E-state index contributed by atoms with van der Waals surface area (Å²) in [4.78, 5) is 13.8. The van der Waals surface area contributed by atoms with Gasteiger partial charge >= 0.3 is 0 Å². The maximum Gasteiger partial charge on any atom is 0.223 e. The molecule has 4 heteroatoms. The van der Waals surface area contributed by atoms with Crippen LogP contribution in [0.2, 0.25) is 0 Å². The van der Waals surface area contributed by atoms with E-state index in [2.05, 4.69) is 17.3 Å². The summed E-state index contributed by atoms with van der Waals surface area (Å²) in [5.41, 5.74) is 5.77. The summed E-state index contributed by atoms with van der Waals surface area (Å²) in [6, 6.07) is 0.567. The first-order valence-electron chi connectivity index (χ1n) is 6.22. The van der Waals surface area contributed by atoms with Crippen LogP contribution in [0.15, 0.2) is 0 Å². The Morgan fingerprint density at radius 2 is 2.25 bits per heavy atom. The standard InChI is InChI=1S/C12H25N3O/c1-9(12(16)14-2)8-15(3)11-6-4-5-10(11)7-13/h9-11H,4-8,13H2,1-3H3,(H,14,16). The van der Waals surface area contributed by atoms with Crippen molar-refractivity contribution in [1.82, 2.24) is 10.2 Å². The van der Waals surface area contributed by atoms with E-state index in [0.29, 0.717) is 12.0 Å². The Balaban J connectivity index is 2.45. The van der Waals surface area contributed by atoms with Gasteiger partial charge in [0.05, 0.1) is 0 Å². The molecule has 0 aromatic rings. The summed E-state index contributed by atoms with van der Waals surface area (Å²) in [7, 11) is 3.80. The second-order valence-corrected chi connectivity index (χ2v) is 4.95. The molecule has 0 aromatic heterocycles. The predicted octanol–water partition coefficient (Wildman–Crippen LogP) is 0.428. The van der Waals surface area contributed by atoms with Gasteiger partial charge in [-0.3, -0.25) is 4.79 Å². The van der Waals surface area contributed by atoms with Crippen molar-refractivity contribution in [3.63, 3.8) is 0 Å². The van der Waals surface area contributed by atoms with E-state index in [9.17, 15) is 4.79 Å². The maximum absolute atomic E-state index is 11.5. The average Bonchev–Trinajstić information content (AvgIpc) is 2.75. The molecule has 1 amide bonds. The fourth-order valence-electron chi connectivity index (χ4n) is 2.77. The highest BCUT2D eigenvalue weighted by molar-refractivity contribution is 5.78. The molecule has 0 saturated heterocycles. The van der Waals surface area contributed by atoms with E-state index in [-0.39, 0.29) is 11.8 Å². The van der Waals surface area contributed by atoms with Crippen LogP contribution < -0.4 is 11.1 Å². The number of hydrogen-bond donors (Lipinski definition) is 2. The SMILES string of the molecule is CNC(=O)C(C)CN(C)C1CCCC1CN. The van der Waals surface area contributed by atoms with Gasteiger partial charge in [-0.05, 0) is 32.4 Å². The highest BCUT2D eigenvalue weighted by atomic mass is 16.1. The summed E-state index contributed by atoms with van der Waals surface area (Å²) in [5, 5.41) is 2.70. The van der Waals surface area contributed by atoms with E-state index in [0.717, 1.165) is 13.1 Å². The minimum absolute atomic E-state index is 0.0500. The summed E-state index contributed by atoms with van der Waals surface area (Å²) >= 11 is 0. The Labute approximate surface area is 98.6 Å². The van der Waals surface area contributed by atoms with Gasteiger partial charge in [-0.25, -0.2) is 0 Å². The van der Waals surface area contributed by atoms with E-state index in [1.807, 2.05) is 6.92 Å². The van der Waals surface area contributed by atoms with Crippen LogP contribution in [0.25, 0.3) is 0 Å². The Bertz CT molecular complexity index is 232. The number of hydrogen-bond acceptors (Lipinski definition) is 3. The van der Waals surface area contributed by atoms with Crippen molar-refractivity contribution in [3.05, 3.63) is 0 Å². The van der Waals surface area contributed by atoms with E-state index in [1.165, 1.54) is 19.3 Å². The zero-order chi connectivity index (χ0) is 12.1. The van der Waals surface area contributed by atoms with Crippen LogP contribution in [0.1, 0.15) is 26.2 Å². The van der Waals surface area contributed by atoms with E-state index >= 15 is 0 Å². The molecular weight excluding hydrogens is 202 g/mol. The molecule has 16 heavy (non-hydrogen) atoms. The molecule has 0 aliphatic heterocycles. The molecule has 4 nitrogen and oxygen atoms in total. The molecule has 0 radical (unpaired) electrons. The first kappa shape index (κ1) is 13.5. The lowest BCUT2D eigenvalue weighted by Crippen LogP contribution is -2.42. The number of nitrogens with two attached hydrogens (primary N) is 1. The van der Waals surface area contributed by atoms with Gasteiger partial charge in [-0.2, -0.15) is 0 Å². The second kappa shape index (κ2) is 6.21. The third-order valence-electron chi connectivity index (χ3n) is 3.74. The molecule has 0 heterocycles. The molecule has 94 valence electrons. The zero-order valence-electron chi connectivity index (χ0n) is 10.7.